The Morgan fingerprint density at radius 3 is 2.32 bits per heavy atom. The second kappa shape index (κ2) is 6.78. The number of fused-ring (bicyclic) bond motifs is 1. The fraction of sp³-hybridized carbons (Fsp3) is 0.0400. The van der Waals surface area contributed by atoms with Gasteiger partial charge < -0.3 is 0 Å². The second-order valence-corrected chi connectivity index (χ2v) is 6.89. The van der Waals surface area contributed by atoms with Crippen molar-refractivity contribution in [1.29, 1.82) is 0 Å². The van der Waals surface area contributed by atoms with Crippen LogP contribution in [0.4, 0.5) is 0 Å². The predicted octanol–water partition coefficient (Wildman–Crippen LogP) is 6.06. The molecule has 0 aliphatic rings. The van der Waals surface area contributed by atoms with Crippen LogP contribution in [0.1, 0.15) is 5.56 Å². The summed E-state index contributed by atoms with van der Waals surface area (Å²) in [5.74, 6) is 0.852. The number of benzene rings is 3. The van der Waals surface area contributed by atoms with Crippen molar-refractivity contribution >= 4 is 11.0 Å². The summed E-state index contributed by atoms with van der Waals surface area (Å²) in [7, 11) is 0. The Bertz CT molecular complexity index is 1250. The number of rotatable bonds is 3. The third-order valence-electron chi connectivity index (χ3n) is 4.93. The summed E-state index contributed by atoms with van der Waals surface area (Å²) < 4.78 is 2.18. The van der Waals surface area contributed by atoms with Crippen molar-refractivity contribution in [1.82, 2.24) is 14.5 Å². The van der Waals surface area contributed by atoms with E-state index in [1.165, 1.54) is 16.7 Å². The van der Waals surface area contributed by atoms with Crippen LogP contribution in [0.2, 0.25) is 0 Å². The molecule has 2 aromatic heterocycles. The number of imidazole rings is 1. The molecule has 0 spiro atoms. The first kappa shape index (κ1) is 16.5. The summed E-state index contributed by atoms with van der Waals surface area (Å²) in [6, 6.07) is 31.3. The zero-order chi connectivity index (χ0) is 18.9. The number of aromatic nitrogens is 3. The van der Waals surface area contributed by atoms with Gasteiger partial charge in [-0.25, -0.2) is 4.98 Å². The van der Waals surface area contributed by atoms with Gasteiger partial charge in [-0.2, -0.15) is 0 Å². The van der Waals surface area contributed by atoms with Crippen LogP contribution in [0.5, 0.6) is 0 Å². The van der Waals surface area contributed by atoms with E-state index in [0.29, 0.717) is 0 Å². The van der Waals surface area contributed by atoms with E-state index in [2.05, 4.69) is 71.1 Å². The van der Waals surface area contributed by atoms with E-state index in [9.17, 15) is 0 Å². The molecule has 5 aromatic rings. The molecular formula is C25H19N3. The second-order valence-electron chi connectivity index (χ2n) is 6.89. The van der Waals surface area contributed by atoms with E-state index in [1.807, 2.05) is 36.4 Å². The van der Waals surface area contributed by atoms with Gasteiger partial charge in [0.2, 0.25) is 0 Å². The van der Waals surface area contributed by atoms with Crippen LogP contribution in [0.15, 0.2) is 97.2 Å². The molecule has 0 unspecified atom stereocenters. The van der Waals surface area contributed by atoms with Crippen molar-refractivity contribution in [2.75, 3.05) is 0 Å². The Morgan fingerprint density at radius 1 is 0.714 bits per heavy atom. The number of para-hydroxylation sites is 2. The summed E-state index contributed by atoms with van der Waals surface area (Å²) in [6.45, 7) is 2.12. The molecule has 0 aliphatic heterocycles. The molecule has 0 saturated heterocycles. The SMILES string of the molecule is Cc1cccc(-c2ccc(-n3c(-c4ccccn4)nc4ccccc43)cc2)c1. The van der Waals surface area contributed by atoms with Crippen LogP contribution in [0.3, 0.4) is 0 Å². The van der Waals surface area contributed by atoms with Crippen LogP contribution in [0, 0.1) is 6.92 Å². The molecule has 3 heteroatoms. The average molecular weight is 361 g/mol. The van der Waals surface area contributed by atoms with Crippen molar-refractivity contribution in [2.45, 2.75) is 6.92 Å². The summed E-state index contributed by atoms with van der Waals surface area (Å²) in [5.41, 5.74) is 7.67. The molecule has 0 atom stereocenters. The molecule has 0 amide bonds. The van der Waals surface area contributed by atoms with Gasteiger partial charge in [0.05, 0.1) is 11.0 Å². The lowest BCUT2D eigenvalue weighted by Crippen LogP contribution is -1.98. The van der Waals surface area contributed by atoms with E-state index in [1.54, 1.807) is 6.20 Å². The van der Waals surface area contributed by atoms with Crippen molar-refractivity contribution in [3.05, 3.63) is 103 Å². The summed E-state index contributed by atoms with van der Waals surface area (Å²) >= 11 is 0. The van der Waals surface area contributed by atoms with Crippen LogP contribution < -0.4 is 0 Å². The molecule has 134 valence electrons. The molecule has 0 N–H and O–H groups in total. The van der Waals surface area contributed by atoms with E-state index >= 15 is 0 Å². The van der Waals surface area contributed by atoms with Crippen LogP contribution in [-0.4, -0.2) is 14.5 Å². The van der Waals surface area contributed by atoms with E-state index in [4.69, 9.17) is 4.98 Å². The number of aryl methyl sites for hydroxylation is 1. The standard InChI is InChI=1S/C25H19N3/c1-18-7-6-8-20(17-18)19-12-14-21(15-13-19)28-24-11-3-2-9-22(24)27-25(28)23-10-4-5-16-26-23/h2-17H,1H3. The summed E-state index contributed by atoms with van der Waals surface area (Å²) in [5, 5.41) is 0. The fourth-order valence-electron chi connectivity index (χ4n) is 3.58. The van der Waals surface area contributed by atoms with Crippen LogP contribution in [0.25, 0.3) is 39.4 Å². The maximum Gasteiger partial charge on any atom is 0.164 e. The van der Waals surface area contributed by atoms with Gasteiger partial charge in [0, 0.05) is 11.9 Å². The molecular weight excluding hydrogens is 342 g/mol. The molecule has 28 heavy (non-hydrogen) atoms. The van der Waals surface area contributed by atoms with Gasteiger partial charge in [-0.3, -0.25) is 9.55 Å². The van der Waals surface area contributed by atoms with Crippen LogP contribution in [-0.2, 0) is 0 Å². The highest BCUT2D eigenvalue weighted by atomic mass is 15.1. The molecule has 5 rings (SSSR count). The minimum absolute atomic E-state index is 0.852. The minimum Gasteiger partial charge on any atom is -0.291 e. The average Bonchev–Trinajstić information content (AvgIpc) is 3.14. The van der Waals surface area contributed by atoms with Crippen molar-refractivity contribution < 1.29 is 0 Å². The summed E-state index contributed by atoms with van der Waals surface area (Å²) in [4.78, 5) is 9.37. The highest BCUT2D eigenvalue weighted by molar-refractivity contribution is 5.82. The largest absolute Gasteiger partial charge is 0.291 e. The number of hydrogen-bond acceptors (Lipinski definition) is 2. The lowest BCUT2D eigenvalue weighted by molar-refractivity contribution is 1.08. The number of nitrogens with zero attached hydrogens (tertiary/aromatic N) is 3. The molecule has 0 aliphatic carbocycles. The summed E-state index contributed by atoms with van der Waals surface area (Å²) in [6.07, 6.45) is 1.81. The monoisotopic (exact) mass is 361 g/mol. The number of pyridine rings is 1. The quantitative estimate of drug-likeness (QED) is 0.391. The molecule has 0 bridgehead atoms. The van der Waals surface area contributed by atoms with Gasteiger partial charge in [0.25, 0.3) is 0 Å². The van der Waals surface area contributed by atoms with Gasteiger partial charge in [0.15, 0.2) is 5.82 Å². The van der Waals surface area contributed by atoms with Gasteiger partial charge >= 0.3 is 0 Å². The third-order valence-corrected chi connectivity index (χ3v) is 4.93. The first-order valence-electron chi connectivity index (χ1n) is 9.36. The lowest BCUT2D eigenvalue weighted by atomic mass is 10.0. The van der Waals surface area contributed by atoms with Crippen LogP contribution >= 0.6 is 0 Å². The van der Waals surface area contributed by atoms with Gasteiger partial charge in [-0.15, -0.1) is 0 Å². The van der Waals surface area contributed by atoms with E-state index in [-0.39, 0.29) is 0 Å². The van der Waals surface area contributed by atoms with Crippen molar-refractivity contribution in [2.24, 2.45) is 0 Å². The smallest absolute Gasteiger partial charge is 0.164 e. The van der Waals surface area contributed by atoms with E-state index in [0.717, 1.165) is 28.2 Å². The Labute approximate surface area is 164 Å². The topological polar surface area (TPSA) is 30.7 Å². The maximum atomic E-state index is 4.85. The lowest BCUT2D eigenvalue weighted by Gasteiger charge is -2.10. The fourth-order valence-corrected chi connectivity index (χ4v) is 3.58. The van der Waals surface area contributed by atoms with Crippen molar-refractivity contribution in [3.8, 4) is 28.3 Å². The molecule has 2 heterocycles. The van der Waals surface area contributed by atoms with Gasteiger partial charge in [-0.05, 0) is 54.4 Å². The molecule has 3 aromatic carbocycles. The maximum absolute atomic E-state index is 4.85. The Hall–Kier alpha value is -3.72. The van der Waals surface area contributed by atoms with Gasteiger partial charge in [0.1, 0.15) is 5.69 Å². The normalized spacial score (nSPS) is 11.0. The Kier molecular flexibility index (Phi) is 3.99. The molecule has 0 fully saturated rings. The zero-order valence-corrected chi connectivity index (χ0v) is 15.6. The van der Waals surface area contributed by atoms with E-state index < -0.39 is 0 Å². The highest BCUT2D eigenvalue weighted by Crippen LogP contribution is 2.29. The minimum atomic E-state index is 0.852. The zero-order valence-electron chi connectivity index (χ0n) is 15.6. The number of hydrogen-bond donors (Lipinski definition) is 0. The third kappa shape index (κ3) is 2.87. The highest BCUT2D eigenvalue weighted by Gasteiger charge is 2.14. The molecule has 0 saturated carbocycles. The predicted molar refractivity (Wildman–Crippen MR) is 114 cm³/mol. The molecule has 0 radical (unpaired) electrons. The first-order valence-corrected chi connectivity index (χ1v) is 9.36. The van der Waals surface area contributed by atoms with Crippen molar-refractivity contribution in [3.63, 3.8) is 0 Å². The Morgan fingerprint density at radius 2 is 1.54 bits per heavy atom. The van der Waals surface area contributed by atoms with Gasteiger partial charge in [-0.1, -0.05) is 60.2 Å². The molecule has 3 nitrogen and oxygen atoms in total. The Balaban J connectivity index is 1.67. The first-order chi connectivity index (χ1) is 13.8.